The van der Waals surface area contributed by atoms with E-state index < -0.39 is 11.9 Å². The summed E-state index contributed by atoms with van der Waals surface area (Å²) in [5.74, 6) is 1.18. The molecule has 0 fully saturated rings. The Morgan fingerprint density at radius 1 is 0.949 bits per heavy atom. The highest BCUT2D eigenvalue weighted by atomic mass is 16.5. The van der Waals surface area contributed by atoms with Gasteiger partial charge in [-0.1, -0.05) is 13.0 Å². The number of carbonyl (C=O) groups is 2. The van der Waals surface area contributed by atoms with Gasteiger partial charge in [0.1, 0.15) is 11.5 Å². The first-order valence-electron chi connectivity index (χ1n) is 13.1. The Hall–Kier alpha value is -3.94. The van der Waals surface area contributed by atoms with Crippen molar-refractivity contribution in [2.45, 2.75) is 58.0 Å². The summed E-state index contributed by atoms with van der Waals surface area (Å²) in [7, 11) is 6.34. The van der Waals surface area contributed by atoms with Crippen molar-refractivity contribution in [3.8, 4) is 23.0 Å². The van der Waals surface area contributed by atoms with Gasteiger partial charge in [0.2, 0.25) is 0 Å². The number of dihydropyridines is 1. The molecule has 8 heteroatoms. The molecule has 1 N–H and O–H groups in total. The van der Waals surface area contributed by atoms with Crippen LogP contribution in [0.1, 0.15) is 63.0 Å². The van der Waals surface area contributed by atoms with E-state index in [1.165, 1.54) is 0 Å². The second-order valence-electron chi connectivity index (χ2n) is 9.86. The van der Waals surface area contributed by atoms with Crippen LogP contribution in [0.3, 0.4) is 0 Å². The van der Waals surface area contributed by atoms with E-state index in [0.717, 1.165) is 11.3 Å². The largest absolute Gasteiger partial charge is 0.497 e. The standard InChI is InChI=1S/C31H37NO7/c1-8-17(2)39-31(34)28-18(3)32-23-13-20(19-9-11-26(37-6)27(15-19)38-7)14-24(33)30(23)29(28)22-16-21(35-4)10-12-25(22)36-5/h9-12,15-17,20,29,32H,8,13-14H2,1-7H3. The smallest absolute Gasteiger partial charge is 0.337 e. The average molecular weight is 536 g/mol. The third-order valence-corrected chi connectivity index (χ3v) is 7.56. The van der Waals surface area contributed by atoms with Gasteiger partial charge in [0, 0.05) is 29.0 Å². The van der Waals surface area contributed by atoms with Crippen molar-refractivity contribution in [2.24, 2.45) is 0 Å². The molecular weight excluding hydrogens is 498 g/mol. The summed E-state index contributed by atoms with van der Waals surface area (Å²) >= 11 is 0. The summed E-state index contributed by atoms with van der Waals surface area (Å²) in [6.45, 7) is 5.66. The molecule has 39 heavy (non-hydrogen) atoms. The van der Waals surface area contributed by atoms with E-state index >= 15 is 0 Å². The molecule has 2 aromatic rings. The summed E-state index contributed by atoms with van der Waals surface area (Å²) in [6.07, 6.45) is 1.28. The van der Waals surface area contributed by atoms with Crippen LogP contribution >= 0.6 is 0 Å². The van der Waals surface area contributed by atoms with Crippen LogP contribution in [0.5, 0.6) is 23.0 Å². The molecule has 0 saturated heterocycles. The minimum atomic E-state index is -0.665. The molecule has 0 saturated carbocycles. The van der Waals surface area contributed by atoms with Crippen LogP contribution in [0.25, 0.3) is 0 Å². The fraction of sp³-hybridized carbons (Fsp3) is 0.419. The van der Waals surface area contributed by atoms with Gasteiger partial charge < -0.3 is 29.0 Å². The van der Waals surface area contributed by atoms with Crippen LogP contribution in [-0.4, -0.2) is 46.3 Å². The molecule has 0 radical (unpaired) electrons. The number of carbonyl (C=O) groups excluding carboxylic acids is 2. The number of methoxy groups -OCH3 is 4. The number of ketones is 1. The lowest BCUT2D eigenvalue weighted by Gasteiger charge is -2.37. The Morgan fingerprint density at radius 3 is 2.28 bits per heavy atom. The van der Waals surface area contributed by atoms with Gasteiger partial charge >= 0.3 is 5.97 Å². The number of hydrogen-bond acceptors (Lipinski definition) is 8. The molecule has 2 aliphatic rings. The number of hydrogen-bond donors (Lipinski definition) is 1. The highest BCUT2D eigenvalue weighted by Crippen LogP contribution is 2.49. The fourth-order valence-corrected chi connectivity index (χ4v) is 5.36. The second-order valence-corrected chi connectivity index (χ2v) is 9.86. The normalized spacial score (nSPS) is 19.6. The van der Waals surface area contributed by atoms with E-state index in [1.54, 1.807) is 40.6 Å². The first-order valence-corrected chi connectivity index (χ1v) is 13.1. The molecule has 1 aliphatic carbocycles. The van der Waals surface area contributed by atoms with Gasteiger partial charge in [-0.15, -0.1) is 0 Å². The van der Waals surface area contributed by atoms with Crippen molar-refractivity contribution in [2.75, 3.05) is 28.4 Å². The third-order valence-electron chi connectivity index (χ3n) is 7.56. The molecular formula is C31H37NO7. The zero-order valence-corrected chi connectivity index (χ0v) is 23.7. The van der Waals surface area contributed by atoms with Gasteiger partial charge in [0.05, 0.1) is 46.0 Å². The number of esters is 1. The lowest BCUT2D eigenvalue weighted by Crippen LogP contribution is -2.36. The molecule has 0 amide bonds. The Labute approximate surface area is 229 Å². The molecule has 0 aromatic heterocycles. The Balaban J connectivity index is 1.83. The molecule has 3 unspecified atom stereocenters. The highest BCUT2D eigenvalue weighted by molar-refractivity contribution is 6.04. The van der Waals surface area contributed by atoms with Crippen LogP contribution in [-0.2, 0) is 14.3 Å². The molecule has 8 nitrogen and oxygen atoms in total. The van der Waals surface area contributed by atoms with Crippen molar-refractivity contribution in [3.05, 3.63) is 70.1 Å². The monoisotopic (exact) mass is 535 g/mol. The van der Waals surface area contributed by atoms with Crippen LogP contribution in [0, 0.1) is 0 Å². The van der Waals surface area contributed by atoms with Crippen LogP contribution in [0.2, 0.25) is 0 Å². The van der Waals surface area contributed by atoms with Gasteiger partial charge in [-0.2, -0.15) is 0 Å². The van der Waals surface area contributed by atoms with Crippen molar-refractivity contribution in [1.29, 1.82) is 0 Å². The van der Waals surface area contributed by atoms with E-state index in [1.807, 2.05) is 45.0 Å². The van der Waals surface area contributed by atoms with Crippen molar-refractivity contribution in [3.63, 3.8) is 0 Å². The lowest BCUT2D eigenvalue weighted by molar-refractivity contribution is -0.144. The zero-order valence-electron chi connectivity index (χ0n) is 23.7. The molecule has 1 heterocycles. The van der Waals surface area contributed by atoms with E-state index in [4.69, 9.17) is 23.7 Å². The Bertz CT molecular complexity index is 1330. The maximum absolute atomic E-state index is 14.0. The number of allylic oxidation sites excluding steroid dienone is 3. The SMILES string of the molecule is CCC(C)OC(=O)C1=C(C)NC2=C(C(=O)CC(c3ccc(OC)c(OC)c3)C2)C1c1cc(OC)ccc1OC. The second kappa shape index (κ2) is 11.8. The van der Waals surface area contributed by atoms with Gasteiger partial charge in [-0.05, 0) is 68.5 Å². The summed E-state index contributed by atoms with van der Waals surface area (Å²) in [6, 6.07) is 11.2. The molecule has 4 rings (SSSR count). The quantitative estimate of drug-likeness (QED) is 0.426. The lowest BCUT2D eigenvalue weighted by atomic mass is 9.71. The maximum Gasteiger partial charge on any atom is 0.337 e. The average Bonchev–Trinajstić information content (AvgIpc) is 2.95. The number of Topliss-reactive ketones (excluding diaryl/α,β-unsaturated/α-hetero) is 1. The Kier molecular flexibility index (Phi) is 8.53. The van der Waals surface area contributed by atoms with Crippen LogP contribution in [0.15, 0.2) is 58.9 Å². The summed E-state index contributed by atoms with van der Waals surface area (Å²) in [5, 5.41) is 3.40. The van der Waals surface area contributed by atoms with Gasteiger partial charge in [0.25, 0.3) is 0 Å². The van der Waals surface area contributed by atoms with Crippen LogP contribution < -0.4 is 24.3 Å². The van der Waals surface area contributed by atoms with Crippen molar-refractivity contribution < 1.29 is 33.3 Å². The zero-order chi connectivity index (χ0) is 28.3. The van der Waals surface area contributed by atoms with Crippen molar-refractivity contribution in [1.82, 2.24) is 5.32 Å². The third kappa shape index (κ3) is 5.46. The van der Waals surface area contributed by atoms with E-state index in [0.29, 0.717) is 58.2 Å². The number of benzene rings is 2. The number of nitrogens with one attached hydrogen (secondary N) is 1. The maximum atomic E-state index is 14.0. The van der Waals surface area contributed by atoms with Gasteiger partial charge in [-0.25, -0.2) is 4.79 Å². The Morgan fingerprint density at radius 2 is 1.64 bits per heavy atom. The van der Waals surface area contributed by atoms with E-state index in [2.05, 4.69) is 5.32 Å². The number of ether oxygens (including phenoxy) is 5. The van der Waals surface area contributed by atoms with E-state index in [-0.39, 0.29) is 24.2 Å². The van der Waals surface area contributed by atoms with Gasteiger partial charge in [-0.3, -0.25) is 4.79 Å². The van der Waals surface area contributed by atoms with Crippen molar-refractivity contribution >= 4 is 11.8 Å². The fourth-order valence-electron chi connectivity index (χ4n) is 5.36. The molecule has 0 spiro atoms. The van der Waals surface area contributed by atoms with Gasteiger partial charge in [0.15, 0.2) is 17.3 Å². The summed E-state index contributed by atoms with van der Waals surface area (Å²) in [5.41, 5.74) is 4.06. The first-order chi connectivity index (χ1) is 18.8. The summed E-state index contributed by atoms with van der Waals surface area (Å²) < 4.78 is 27.9. The summed E-state index contributed by atoms with van der Waals surface area (Å²) in [4.78, 5) is 27.5. The molecule has 1 aliphatic heterocycles. The molecule has 2 aromatic carbocycles. The van der Waals surface area contributed by atoms with E-state index in [9.17, 15) is 9.59 Å². The molecule has 0 bridgehead atoms. The predicted octanol–water partition coefficient (Wildman–Crippen LogP) is 5.42. The molecule has 3 atom stereocenters. The van der Waals surface area contributed by atoms with Crippen LogP contribution in [0.4, 0.5) is 0 Å². The topological polar surface area (TPSA) is 92.3 Å². The highest BCUT2D eigenvalue weighted by Gasteiger charge is 2.43. The number of rotatable bonds is 9. The first kappa shape index (κ1) is 28.1. The minimum absolute atomic E-state index is 0.0419. The minimum Gasteiger partial charge on any atom is -0.497 e. The predicted molar refractivity (Wildman–Crippen MR) is 148 cm³/mol. The molecule has 208 valence electrons.